The Labute approximate surface area is 144 Å². The minimum absolute atomic E-state index is 0.257. The van der Waals surface area contributed by atoms with Gasteiger partial charge in [-0.25, -0.2) is 0 Å². The van der Waals surface area contributed by atoms with Crippen LogP contribution in [0.15, 0.2) is 48.5 Å². The van der Waals surface area contributed by atoms with Gasteiger partial charge < -0.3 is 20.2 Å². The second kappa shape index (κ2) is 8.96. The van der Waals surface area contributed by atoms with E-state index >= 15 is 0 Å². The van der Waals surface area contributed by atoms with Crippen LogP contribution < -0.4 is 15.4 Å². The summed E-state index contributed by atoms with van der Waals surface area (Å²) in [6.45, 7) is 2.66. The van der Waals surface area contributed by atoms with Crippen molar-refractivity contribution >= 4 is 17.7 Å². The Morgan fingerprint density at radius 3 is 1.92 bits per heavy atom. The predicted molar refractivity (Wildman–Crippen MR) is 100 cm³/mol. The molecule has 2 unspecified atom stereocenters. The standard InChI is InChI=1S/C12H14O2.C8H12N2/c1-2-14-11-5-3-9(4-6-11)12-7-10(12)8-13;1-9-7-3-5-8(10-2)6-4-7/h3-6,8,10,12H,2,7H2,1H3;3-6,9-10H,1-2H3. The average molecular weight is 326 g/mol. The van der Waals surface area contributed by atoms with Crippen LogP contribution in [0.4, 0.5) is 11.4 Å². The van der Waals surface area contributed by atoms with Gasteiger partial charge in [-0.1, -0.05) is 12.1 Å². The van der Waals surface area contributed by atoms with Crippen molar-refractivity contribution < 1.29 is 9.53 Å². The molecule has 0 saturated heterocycles. The van der Waals surface area contributed by atoms with Crippen molar-refractivity contribution in [2.24, 2.45) is 5.92 Å². The van der Waals surface area contributed by atoms with Crippen molar-refractivity contribution in [1.82, 2.24) is 0 Å². The summed E-state index contributed by atoms with van der Waals surface area (Å²) in [6, 6.07) is 16.2. The molecule has 2 aromatic carbocycles. The molecular weight excluding hydrogens is 300 g/mol. The lowest BCUT2D eigenvalue weighted by Crippen LogP contribution is -1.91. The highest BCUT2D eigenvalue weighted by molar-refractivity contribution is 5.61. The van der Waals surface area contributed by atoms with Gasteiger partial charge in [0.2, 0.25) is 0 Å². The molecule has 0 bridgehead atoms. The van der Waals surface area contributed by atoms with E-state index in [4.69, 9.17) is 4.74 Å². The van der Waals surface area contributed by atoms with Crippen LogP contribution in [0, 0.1) is 5.92 Å². The molecule has 0 heterocycles. The van der Waals surface area contributed by atoms with Crippen molar-refractivity contribution in [3.05, 3.63) is 54.1 Å². The van der Waals surface area contributed by atoms with Gasteiger partial charge in [-0.15, -0.1) is 0 Å². The van der Waals surface area contributed by atoms with E-state index in [1.165, 1.54) is 5.56 Å². The molecule has 4 nitrogen and oxygen atoms in total. The summed E-state index contributed by atoms with van der Waals surface area (Å²) in [5.41, 5.74) is 3.53. The third-order valence-electron chi connectivity index (χ3n) is 4.10. The van der Waals surface area contributed by atoms with Gasteiger partial charge in [0.1, 0.15) is 12.0 Å². The Morgan fingerprint density at radius 2 is 1.54 bits per heavy atom. The molecule has 1 aliphatic rings. The first-order chi connectivity index (χ1) is 11.7. The molecule has 0 aliphatic heterocycles. The Morgan fingerprint density at radius 1 is 1.00 bits per heavy atom. The second-order valence-electron chi connectivity index (χ2n) is 5.72. The first-order valence-electron chi connectivity index (χ1n) is 8.35. The Balaban J connectivity index is 0.000000185. The van der Waals surface area contributed by atoms with Gasteiger partial charge in [-0.2, -0.15) is 0 Å². The first-order valence-corrected chi connectivity index (χ1v) is 8.35. The third kappa shape index (κ3) is 5.01. The molecule has 2 aromatic rings. The minimum Gasteiger partial charge on any atom is -0.494 e. The van der Waals surface area contributed by atoms with Crippen molar-refractivity contribution in [3.8, 4) is 5.75 Å². The van der Waals surface area contributed by atoms with E-state index in [0.29, 0.717) is 12.5 Å². The maximum Gasteiger partial charge on any atom is 0.123 e. The van der Waals surface area contributed by atoms with Crippen LogP contribution in [0.5, 0.6) is 5.75 Å². The van der Waals surface area contributed by atoms with E-state index in [1.807, 2.05) is 57.4 Å². The Bertz CT molecular complexity index is 600. The van der Waals surface area contributed by atoms with Gasteiger partial charge in [0.05, 0.1) is 6.61 Å². The lowest BCUT2D eigenvalue weighted by atomic mass is 10.1. The average Bonchev–Trinajstić information content (AvgIpc) is 3.43. The van der Waals surface area contributed by atoms with Crippen LogP contribution in [0.1, 0.15) is 24.8 Å². The van der Waals surface area contributed by atoms with E-state index < -0.39 is 0 Å². The normalized spacial score (nSPS) is 18.0. The molecule has 0 spiro atoms. The van der Waals surface area contributed by atoms with Crippen LogP contribution in [0.25, 0.3) is 0 Å². The molecule has 1 saturated carbocycles. The topological polar surface area (TPSA) is 50.4 Å². The van der Waals surface area contributed by atoms with E-state index in [2.05, 4.69) is 22.8 Å². The van der Waals surface area contributed by atoms with Gasteiger partial charge in [-0.05, 0) is 61.2 Å². The molecule has 0 amide bonds. The van der Waals surface area contributed by atoms with Crippen molar-refractivity contribution in [1.29, 1.82) is 0 Å². The molecule has 2 N–H and O–H groups in total. The number of carbonyl (C=O) groups excluding carboxylic acids is 1. The number of benzene rings is 2. The summed E-state index contributed by atoms with van der Waals surface area (Å²) in [4.78, 5) is 10.5. The van der Waals surface area contributed by atoms with Crippen molar-refractivity contribution in [3.63, 3.8) is 0 Å². The van der Waals surface area contributed by atoms with Gasteiger partial charge in [-0.3, -0.25) is 0 Å². The SMILES string of the molecule is CCOc1ccc(C2CC2C=O)cc1.CNc1ccc(NC)cc1. The summed E-state index contributed by atoms with van der Waals surface area (Å²) in [7, 11) is 3.82. The number of nitrogens with one attached hydrogen (secondary N) is 2. The fourth-order valence-electron chi connectivity index (χ4n) is 2.53. The van der Waals surface area contributed by atoms with Gasteiger partial charge in [0.25, 0.3) is 0 Å². The zero-order chi connectivity index (χ0) is 17.4. The van der Waals surface area contributed by atoms with Crippen molar-refractivity contribution in [2.75, 3.05) is 31.3 Å². The van der Waals surface area contributed by atoms with Gasteiger partial charge in [0.15, 0.2) is 0 Å². The molecule has 1 fully saturated rings. The predicted octanol–water partition coefficient (Wildman–Crippen LogP) is 4.16. The fraction of sp³-hybridized carbons (Fsp3) is 0.350. The van der Waals surface area contributed by atoms with Crippen LogP contribution in [-0.2, 0) is 4.79 Å². The quantitative estimate of drug-likeness (QED) is 0.783. The summed E-state index contributed by atoms with van der Waals surface area (Å²) in [6.07, 6.45) is 2.07. The number of rotatable bonds is 6. The van der Waals surface area contributed by atoms with E-state index in [-0.39, 0.29) is 5.92 Å². The number of ether oxygens (including phenoxy) is 1. The highest BCUT2D eigenvalue weighted by Gasteiger charge is 2.37. The monoisotopic (exact) mass is 326 g/mol. The highest BCUT2D eigenvalue weighted by atomic mass is 16.5. The summed E-state index contributed by atoms with van der Waals surface area (Å²) < 4.78 is 5.34. The van der Waals surface area contributed by atoms with E-state index in [9.17, 15) is 4.79 Å². The Kier molecular flexibility index (Phi) is 6.67. The zero-order valence-corrected chi connectivity index (χ0v) is 14.6. The van der Waals surface area contributed by atoms with E-state index in [1.54, 1.807) is 0 Å². The number of hydrogen-bond donors (Lipinski definition) is 2. The summed E-state index contributed by atoms with van der Waals surface area (Å²) >= 11 is 0. The molecule has 0 aromatic heterocycles. The third-order valence-corrected chi connectivity index (χ3v) is 4.10. The lowest BCUT2D eigenvalue weighted by Gasteiger charge is -2.03. The minimum atomic E-state index is 0.257. The molecular formula is C20H26N2O2. The molecule has 128 valence electrons. The van der Waals surface area contributed by atoms with Crippen molar-refractivity contribution in [2.45, 2.75) is 19.3 Å². The maximum atomic E-state index is 10.5. The summed E-state index contributed by atoms with van der Waals surface area (Å²) in [5.74, 6) is 1.62. The van der Waals surface area contributed by atoms with Gasteiger partial charge >= 0.3 is 0 Å². The number of hydrogen-bond acceptors (Lipinski definition) is 4. The summed E-state index contributed by atoms with van der Waals surface area (Å²) in [5, 5.41) is 6.10. The molecule has 3 rings (SSSR count). The second-order valence-corrected chi connectivity index (χ2v) is 5.72. The first kappa shape index (κ1) is 17.9. The fourth-order valence-corrected chi connectivity index (χ4v) is 2.53. The zero-order valence-electron chi connectivity index (χ0n) is 14.6. The van der Waals surface area contributed by atoms with Crippen LogP contribution >= 0.6 is 0 Å². The van der Waals surface area contributed by atoms with Gasteiger partial charge in [0, 0.05) is 31.4 Å². The molecule has 24 heavy (non-hydrogen) atoms. The van der Waals surface area contributed by atoms with Crippen LogP contribution in [-0.4, -0.2) is 27.0 Å². The molecule has 1 aliphatic carbocycles. The molecule has 2 atom stereocenters. The number of aldehydes is 1. The number of carbonyl (C=O) groups is 1. The van der Waals surface area contributed by atoms with Crippen LogP contribution in [0.2, 0.25) is 0 Å². The largest absolute Gasteiger partial charge is 0.494 e. The smallest absolute Gasteiger partial charge is 0.123 e. The van der Waals surface area contributed by atoms with Crippen LogP contribution in [0.3, 0.4) is 0 Å². The van der Waals surface area contributed by atoms with E-state index in [0.717, 1.165) is 29.8 Å². The maximum absolute atomic E-state index is 10.5. The molecule has 0 radical (unpaired) electrons. The highest BCUT2D eigenvalue weighted by Crippen LogP contribution is 2.46. The lowest BCUT2D eigenvalue weighted by molar-refractivity contribution is -0.108. The molecule has 4 heteroatoms. The Hall–Kier alpha value is -2.49. The number of anilines is 2.